The fourth-order valence-electron chi connectivity index (χ4n) is 1.64. The summed E-state index contributed by atoms with van der Waals surface area (Å²) in [4.78, 5) is 2.23. The molecule has 0 bridgehead atoms. The number of ether oxygens (including phenoxy) is 1. The fraction of sp³-hybridized carbons (Fsp3) is 1.00. The molecule has 0 spiro atoms. The normalized spacial score (nSPS) is 28.7. The smallest absolute Gasteiger partial charge is 0.0850 e. The van der Waals surface area contributed by atoms with Crippen molar-refractivity contribution in [2.75, 3.05) is 26.2 Å². The topological polar surface area (TPSA) is 58.7 Å². The minimum atomic E-state index is -0.221. The van der Waals surface area contributed by atoms with E-state index in [4.69, 9.17) is 10.5 Å². The van der Waals surface area contributed by atoms with Crippen LogP contribution in [0.15, 0.2) is 0 Å². The highest BCUT2D eigenvalue weighted by molar-refractivity contribution is 4.78. The molecule has 0 saturated carbocycles. The maximum Gasteiger partial charge on any atom is 0.0850 e. The SMILES string of the molecule is CCC(O)CN1CCOC(C(C)N)C1. The highest BCUT2D eigenvalue weighted by Crippen LogP contribution is 2.08. The summed E-state index contributed by atoms with van der Waals surface area (Å²) in [6.07, 6.45) is 0.704. The average Bonchev–Trinajstić information content (AvgIpc) is 2.18. The molecule has 0 amide bonds. The van der Waals surface area contributed by atoms with Gasteiger partial charge < -0.3 is 15.6 Å². The van der Waals surface area contributed by atoms with E-state index in [-0.39, 0.29) is 18.2 Å². The predicted octanol–water partition coefficient (Wildman–Crippen LogP) is -0.195. The molecule has 1 saturated heterocycles. The molecule has 0 aromatic heterocycles. The number of morpholine rings is 1. The third kappa shape index (κ3) is 3.53. The van der Waals surface area contributed by atoms with E-state index in [1.807, 2.05) is 13.8 Å². The Morgan fingerprint density at radius 3 is 2.93 bits per heavy atom. The van der Waals surface area contributed by atoms with E-state index in [0.29, 0.717) is 0 Å². The van der Waals surface area contributed by atoms with E-state index in [1.54, 1.807) is 0 Å². The summed E-state index contributed by atoms with van der Waals surface area (Å²) < 4.78 is 5.54. The van der Waals surface area contributed by atoms with Crippen molar-refractivity contribution >= 4 is 0 Å². The Bertz CT molecular complexity index is 164. The Balaban J connectivity index is 2.32. The lowest BCUT2D eigenvalue weighted by Crippen LogP contribution is -2.51. The number of hydrogen-bond acceptors (Lipinski definition) is 4. The second kappa shape index (κ2) is 5.66. The van der Waals surface area contributed by atoms with Crippen LogP contribution in [0.3, 0.4) is 0 Å². The Morgan fingerprint density at radius 2 is 2.36 bits per heavy atom. The van der Waals surface area contributed by atoms with Gasteiger partial charge in [-0.3, -0.25) is 4.90 Å². The van der Waals surface area contributed by atoms with Gasteiger partial charge in [-0.2, -0.15) is 0 Å². The molecule has 0 aliphatic carbocycles. The molecule has 14 heavy (non-hydrogen) atoms. The van der Waals surface area contributed by atoms with Crippen molar-refractivity contribution in [1.82, 2.24) is 4.90 Å². The standard InChI is InChI=1S/C10H22N2O2/c1-3-9(13)6-12-4-5-14-10(7-12)8(2)11/h8-10,13H,3-7,11H2,1-2H3. The van der Waals surface area contributed by atoms with Crippen LogP contribution in [-0.4, -0.2) is 54.5 Å². The number of aliphatic hydroxyl groups is 1. The monoisotopic (exact) mass is 202 g/mol. The zero-order valence-corrected chi connectivity index (χ0v) is 9.15. The fourth-order valence-corrected chi connectivity index (χ4v) is 1.64. The number of aliphatic hydroxyl groups excluding tert-OH is 1. The number of nitrogens with two attached hydrogens (primary N) is 1. The summed E-state index contributed by atoms with van der Waals surface area (Å²) in [5.74, 6) is 0. The molecule has 3 N–H and O–H groups in total. The highest BCUT2D eigenvalue weighted by atomic mass is 16.5. The van der Waals surface area contributed by atoms with E-state index in [1.165, 1.54) is 0 Å². The van der Waals surface area contributed by atoms with Crippen molar-refractivity contribution in [2.24, 2.45) is 5.73 Å². The van der Waals surface area contributed by atoms with Crippen LogP contribution in [0.4, 0.5) is 0 Å². The lowest BCUT2D eigenvalue weighted by atomic mass is 10.1. The summed E-state index contributed by atoms with van der Waals surface area (Å²) in [6.45, 7) is 7.17. The molecule has 1 fully saturated rings. The van der Waals surface area contributed by atoms with Crippen LogP contribution in [0.5, 0.6) is 0 Å². The summed E-state index contributed by atoms with van der Waals surface area (Å²) in [6, 6.07) is 0.0663. The summed E-state index contributed by atoms with van der Waals surface area (Å²) in [5.41, 5.74) is 5.78. The van der Waals surface area contributed by atoms with Crippen LogP contribution < -0.4 is 5.73 Å². The molecule has 84 valence electrons. The largest absolute Gasteiger partial charge is 0.392 e. The van der Waals surface area contributed by atoms with Gasteiger partial charge >= 0.3 is 0 Å². The van der Waals surface area contributed by atoms with Crippen LogP contribution in [0.2, 0.25) is 0 Å². The zero-order chi connectivity index (χ0) is 10.6. The lowest BCUT2D eigenvalue weighted by Gasteiger charge is -2.35. The van der Waals surface area contributed by atoms with Crippen LogP contribution in [0.25, 0.3) is 0 Å². The molecule has 1 heterocycles. The van der Waals surface area contributed by atoms with E-state index >= 15 is 0 Å². The van der Waals surface area contributed by atoms with E-state index in [9.17, 15) is 5.11 Å². The van der Waals surface area contributed by atoms with Crippen molar-refractivity contribution in [2.45, 2.75) is 38.5 Å². The van der Waals surface area contributed by atoms with Crippen molar-refractivity contribution in [3.05, 3.63) is 0 Å². The first-order valence-corrected chi connectivity index (χ1v) is 5.41. The molecule has 1 aliphatic rings. The van der Waals surface area contributed by atoms with Gasteiger partial charge in [-0.1, -0.05) is 6.92 Å². The van der Waals surface area contributed by atoms with Gasteiger partial charge in [0.25, 0.3) is 0 Å². The van der Waals surface area contributed by atoms with E-state index in [2.05, 4.69) is 4.90 Å². The Labute approximate surface area is 86.0 Å². The molecule has 0 aromatic rings. The molecular weight excluding hydrogens is 180 g/mol. The average molecular weight is 202 g/mol. The summed E-state index contributed by atoms with van der Waals surface area (Å²) >= 11 is 0. The van der Waals surface area contributed by atoms with Gasteiger partial charge in [-0.25, -0.2) is 0 Å². The first-order valence-electron chi connectivity index (χ1n) is 5.41. The third-order valence-electron chi connectivity index (χ3n) is 2.70. The van der Waals surface area contributed by atoms with Crippen molar-refractivity contribution < 1.29 is 9.84 Å². The van der Waals surface area contributed by atoms with Gasteiger partial charge in [0, 0.05) is 25.7 Å². The first kappa shape index (κ1) is 11.9. The number of hydrogen-bond donors (Lipinski definition) is 2. The van der Waals surface area contributed by atoms with Crippen molar-refractivity contribution in [3.8, 4) is 0 Å². The Kier molecular flexibility index (Phi) is 4.81. The van der Waals surface area contributed by atoms with Crippen LogP contribution in [-0.2, 0) is 4.74 Å². The Morgan fingerprint density at radius 1 is 1.64 bits per heavy atom. The molecule has 4 nitrogen and oxygen atoms in total. The third-order valence-corrected chi connectivity index (χ3v) is 2.70. The van der Waals surface area contributed by atoms with Crippen LogP contribution in [0.1, 0.15) is 20.3 Å². The van der Waals surface area contributed by atoms with Gasteiger partial charge in [0.05, 0.1) is 18.8 Å². The van der Waals surface area contributed by atoms with E-state index in [0.717, 1.165) is 32.7 Å². The molecule has 1 rings (SSSR count). The van der Waals surface area contributed by atoms with Crippen LogP contribution >= 0.6 is 0 Å². The lowest BCUT2D eigenvalue weighted by molar-refractivity contribution is -0.0486. The minimum Gasteiger partial charge on any atom is -0.392 e. The molecule has 1 aliphatic heterocycles. The van der Waals surface area contributed by atoms with Gasteiger partial charge in [0.2, 0.25) is 0 Å². The van der Waals surface area contributed by atoms with Crippen LogP contribution in [0, 0.1) is 0 Å². The first-order chi connectivity index (χ1) is 6.63. The minimum absolute atomic E-state index is 0.0663. The predicted molar refractivity (Wildman–Crippen MR) is 56.1 cm³/mol. The summed E-state index contributed by atoms with van der Waals surface area (Å²) in [5, 5.41) is 9.52. The molecule has 0 radical (unpaired) electrons. The summed E-state index contributed by atoms with van der Waals surface area (Å²) in [7, 11) is 0. The van der Waals surface area contributed by atoms with Gasteiger partial charge in [-0.15, -0.1) is 0 Å². The second-order valence-electron chi connectivity index (χ2n) is 4.09. The molecule has 0 aromatic carbocycles. The molecule has 3 unspecified atom stereocenters. The Hall–Kier alpha value is -0.160. The second-order valence-corrected chi connectivity index (χ2v) is 4.09. The van der Waals surface area contributed by atoms with Crippen molar-refractivity contribution in [1.29, 1.82) is 0 Å². The quantitative estimate of drug-likeness (QED) is 0.663. The molecule has 3 atom stereocenters. The van der Waals surface area contributed by atoms with Crippen molar-refractivity contribution in [3.63, 3.8) is 0 Å². The van der Waals surface area contributed by atoms with Gasteiger partial charge in [0.1, 0.15) is 0 Å². The maximum absolute atomic E-state index is 9.52. The van der Waals surface area contributed by atoms with Gasteiger partial charge in [-0.05, 0) is 13.3 Å². The molecular formula is C10H22N2O2. The number of nitrogens with zero attached hydrogens (tertiary/aromatic N) is 1. The zero-order valence-electron chi connectivity index (χ0n) is 9.15. The molecule has 4 heteroatoms. The number of β-amino-alcohol motifs (C(OH)–C–C–N with tert-alkyl or cyclic N) is 1. The number of rotatable bonds is 4. The van der Waals surface area contributed by atoms with E-state index < -0.39 is 0 Å². The maximum atomic E-state index is 9.52. The van der Waals surface area contributed by atoms with Gasteiger partial charge in [0.15, 0.2) is 0 Å². The highest BCUT2D eigenvalue weighted by Gasteiger charge is 2.24.